The Hall–Kier alpha value is -1.92. The Balaban J connectivity index is 2.63. The Kier molecular flexibility index (Phi) is 4.41. The molecule has 1 aromatic carbocycles. The van der Waals surface area contributed by atoms with E-state index in [0.717, 1.165) is 12.5 Å². The molecule has 0 aromatic heterocycles. The van der Waals surface area contributed by atoms with Crippen LogP contribution >= 0.6 is 0 Å². The van der Waals surface area contributed by atoms with Gasteiger partial charge in [-0.3, -0.25) is 4.79 Å². The standard InChI is InChI=1S/C12H16N2O4/c1-12(18,11(16)17)7-14-10(15)9-4-2-8(6-13)3-5-9/h2-5,18H,6-7,13H2,1H3,(H,14,15)(H,16,17). The molecule has 0 spiro atoms. The lowest BCUT2D eigenvalue weighted by Crippen LogP contribution is -2.46. The summed E-state index contributed by atoms with van der Waals surface area (Å²) in [5.74, 6) is -1.83. The summed E-state index contributed by atoms with van der Waals surface area (Å²) in [5.41, 5.74) is 4.72. The van der Waals surface area contributed by atoms with Crippen LogP contribution in [0.3, 0.4) is 0 Å². The van der Waals surface area contributed by atoms with Crippen LogP contribution in [0.2, 0.25) is 0 Å². The first-order chi connectivity index (χ1) is 8.36. The van der Waals surface area contributed by atoms with E-state index in [0.29, 0.717) is 12.1 Å². The van der Waals surface area contributed by atoms with E-state index in [4.69, 9.17) is 10.8 Å². The molecule has 0 saturated carbocycles. The van der Waals surface area contributed by atoms with Crippen LogP contribution in [-0.4, -0.2) is 34.2 Å². The molecule has 0 bridgehead atoms. The summed E-state index contributed by atoms with van der Waals surface area (Å²) in [6.45, 7) is 1.14. The molecule has 0 radical (unpaired) electrons. The Labute approximate surface area is 104 Å². The van der Waals surface area contributed by atoms with Gasteiger partial charge in [-0.05, 0) is 24.6 Å². The fourth-order valence-corrected chi connectivity index (χ4v) is 1.22. The molecule has 1 unspecified atom stereocenters. The molecular formula is C12H16N2O4. The van der Waals surface area contributed by atoms with Gasteiger partial charge in [0.25, 0.3) is 5.91 Å². The number of aliphatic carboxylic acids is 1. The molecule has 6 heteroatoms. The smallest absolute Gasteiger partial charge is 0.337 e. The largest absolute Gasteiger partial charge is 0.479 e. The van der Waals surface area contributed by atoms with Gasteiger partial charge in [-0.2, -0.15) is 0 Å². The zero-order valence-electron chi connectivity index (χ0n) is 10.0. The predicted molar refractivity (Wildman–Crippen MR) is 64.9 cm³/mol. The van der Waals surface area contributed by atoms with E-state index >= 15 is 0 Å². The van der Waals surface area contributed by atoms with Crippen molar-refractivity contribution in [3.05, 3.63) is 35.4 Å². The molecular weight excluding hydrogens is 236 g/mol. The maximum Gasteiger partial charge on any atom is 0.337 e. The first-order valence-corrected chi connectivity index (χ1v) is 5.40. The summed E-state index contributed by atoms with van der Waals surface area (Å²) in [4.78, 5) is 22.3. The molecule has 98 valence electrons. The minimum atomic E-state index is -1.98. The average Bonchev–Trinajstić information content (AvgIpc) is 2.36. The summed E-state index contributed by atoms with van der Waals surface area (Å²) < 4.78 is 0. The van der Waals surface area contributed by atoms with Gasteiger partial charge in [-0.25, -0.2) is 4.79 Å². The maximum absolute atomic E-state index is 11.7. The quantitative estimate of drug-likeness (QED) is 0.575. The van der Waals surface area contributed by atoms with Crippen molar-refractivity contribution >= 4 is 11.9 Å². The van der Waals surface area contributed by atoms with Crippen LogP contribution in [0.4, 0.5) is 0 Å². The van der Waals surface area contributed by atoms with E-state index in [9.17, 15) is 14.7 Å². The summed E-state index contributed by atoms with van der Waals surface area (Å²) in [7, 11) is 0. The van der Waals surface area contributed by atoms with Crippen LogP contribution in [-0.2, 0) is 11.3 Å². The van der Waals surface area contributed by atoms with E-state index in [-0.39, 0.29) is 6.54 Å². The normalized spacial score (nSPS) is 13.7. The number of carboxylic acids is 1. The van der Waals surface area contributed by atoms with Gasteiger partial charge >= 0.3 is 5.97 Å². The lowest BCUT2D eigenvalue weighted by molar-refractivity contribution is -0.155. The number of amides is 1. The summed E-state index contributed by atoms with van der Waals surface area (Å²) in [6.07, 6.45) is 0. The molecule has 0 aliphatic heterocycles. The minimum Gasteiger partial charge on any atom is -0.479 e. The van der Waals surface area contributed by atoms with E-state index in [2.05, 4.69) is 5.32 Å². The van der Waals surface area contributed by atoms with E-state index in [1.165, 1.54) is 0 Å². The van der Waals surface area contributed by atoms with Gasteiger partial charge in [0, 0.05) is 12.1 Å². The van der Waals surface area contributed by atoms with E-state index < -0.39 is 17.5 Å². The van der Waals surface area contributed by atoms with Crippen molar-refractivity contribution in [1.29, 1.82) is 0 Å². The molecule has 1 rings (SSSR count). The predicted octanol–water partition coefficient (Wildman–Crippen LogP) is -0.289. The fraction of sp³-hybridized carbons (Fsp3) is 0.333. The van der Waals surface area contributed by atoms with Crippen LogP contribution in [0.5, 0.6) is 0 Å². The van der Waals surface area contributed by atoms with Crippen LogP contribution in [0.25, 0.3) is 0 Å². The van der Waals surface area contributed by atoms with Gasteiger partial charge in [0.2, 0.25) is 0 Å². The molecule has 5 N–H and O–H groups in total. The highest BCUT2D eigenvalue weighted by Crippen LogP contribution is 2.05. The highest BCUT2D eigenvalue weighted by atomic mass is 16.4. The van der Waals surface area contributed by atoms with Crippen molar-refractivity contribution in [3.8, 4) is 0 Å². The third-order valence-corrected chi connectivity index (χ3v) is 2.51. The molecule has 0 aliphatic rings. The van der Waals surface area contributed by atoms with Crippen molar-refractivity contribution in [2.24, 2.45) is 5.73 Å². The van der Waals surface area contributed by atoms with Crippen LogP contribution in [0, 0.1) is 0 Å². The Bertz CT molecular complexity index is 440. The van der Waals surface area contributed by atoms with Crippen molar-refractivity contribution in [1.82, 2.24) is 5.32 Å². The SMILES string of the molecule is CC(O)(CNC(=O)c1ccc(CN)cc1)C(=O)O. The molecule has 18 heavy (non-hydrogen) atoms. The van der Waals surface area contributed by atoms with Gasteiger partial charge < -0.3 is 21.3 Å². The number of hydrogen-bond donors (Lipinski definition) is 4. The van der Waals surface area contributed by atoms with E-state index in [1.54, 1.807) is 24.3 Å². The summed E-state index contributed by atoms with van der Waals surface area (Å²) in [6, 6.07) is 6.61. The number of nitrogens with one attached hydrogen (secondary N) is 1. The lowest BCUT2D eigenvalue weighted by atomic mass is 10.1. The molecule has 6 nitrogen and oxygen atoms in total. The van der Waals surface area contributed by atoms with Crippen LogP contribution in [0.15, 0.2) is 24.3 Å². The zero-order chi connectivity index (χ0) is 13.8. The maximum atomic E-state index is 11.7. The molecule has 0 saturated heterocycles. The first kappa shape index (κ1) is 14.1. The molecule has 1 amide bonds. The van der Waals surface area contributed by atoms with Crippen LogP contribution < -0.4 is 11.1 Å². The number of carboxylic acid groups (broad SMARTS) is 1. The second-order valence-corrected chi connectivity index (χ2v) is 4.16. The van der Waals surface area contributed by atoms with Crippen LogP contribution in [0.1, 0.15) is 22.8 Å². The van der Waals surface area contributed by atoms with Gasteiger partial charge in [0.1, 0.15) is 0 Å². The van der Waals surface area contributed by atoms with Crippen molar-refractivity contribution in [2.75, 3.05) is 6.54 Å². The number of rotatable bonds is 5. The molecule has 1 atom stereocenters. The topological polar surface area (TPSA) is 113 Å². The Morgan fingerprint density at radius 2 is 1.89 bits per heavy atom. The number of hydrogen-bond acceptors (Lipinski definition) is 4. The molecule has 0 aliphatic carbocycles. The summed E-state index contributed by atoms with van der Waals surface area (Å²) >= 11 is 0. The minimum absolute atomic E-state index is 0.361. The second kappa shape index (κ2) is 5.61. The molecule has 0 fully saturated rings. The molecule has 1 aromatic rings. The Morgan fingerprint density at radius 1 is 1.33 bits per heavy atom. The first-order valence-electron chi connectivity index (χ1n) is 5.40. The third kappa shape index (κ3) is 3.54. The third-order valence-electron chi connectivity index (χ3n) is 2.51. The highest BCUT2D eigenvalue weighted by molar-refractivity contribution is 5.94. The highest BCUT2D eigenvalue weighted by Gasteiger charge is 2.30. The van der Waals surface area contributed by atoms with Gasteiger partial charge in [-0.15, -0.1) is 0 Å². The Morgan fingerprint density at radius 3 is 2.33 bits per heavy atom. The van der Waals surface area contributed by atoms with Gasteiger partial charge in [0.05, 0.1) is 6.54 Å². The van der Waals surface area contributed by atoms with Gasteiger partial charge in [0.15, 0.2) is 5.60 Å². The van der Waals surface area contributed by atoms with Crippen molar-refractivity contribution < 1.29 is 19.8 Å². The number of benzene rings is 1. The molecule has 0 heterocycles. The number of aliphatic hydroxyl groups is 1. The number of nitrogens with two attached hydrogens (primary N) is 1. The summed E-state index contributed by atoms with van der Waals surface area (Å²) in [5, 5.41) is 20.5. The van der Waals surface area contributed by atoms with Gasteiger partial charge in [-0.1, -0.05) is 12.1 Å². The van der Waals surface area contributed by atoms with Crippen molar-refractivity contribution in [2.45, 2.75) is 19.1 Å². The fourth-order valence-electron chi connectivity index (χ4n) is 1.22. The van der Waals surface area contributed by atoms with Crippen molar-refractivity contribution in [3.63, 3.8) is 0 Å². The number of carbonyl (C=O) groups excluding carboxylic acids is 1. The number of carbonyl (C=O) groups is 2. The second-order valence-electron chi connectivity index (χ2n) is 4.16. The monoisotopic (exact) mass is 252 g/mol. The van der Waals surface area contributed by atoms with E-state index in [1.807, 2.05) is 0 Å². The average molecular weight is 252 g/mol. The lowest BCUT2D eigenvalue weighted by Gasteiger charge is -2.18. The zero-order valence-corrected chi connectivity index (χ0v) is 10.0.